The third kappa shape index (κ3) is 2.98. The van der Waals surface area contributed by atoms with E-state index in [-0.39, 0.29) is 11.3 Å². The highest BCUT2D eigenvalue weighted by Crippen LogP contribution is 2.42. The predicted molar refractivity (Wildman–Crippen MR) is 78.1 cm³/mol. The van der Waals surface area contributed by atoms with Crippen molar-refractivity contribution in [3.05, 3.63) is 35.4 Å². The average Bonchev–Trinajstić information content (AvgIpc) is 2.37. The summed E-state index contributed by atoms with van der Waals surface area (Å²) in [7, 11) is 0. The molecule has 0 bridgehead atoms. The van der Waals surface area contributed by atoms with E-state index < -0.39 is 6.04 Å². The van der Waals surface area contributed by atoms with Crippen LogP contribution in [0.3, 0.4) is 0 Å². The Morgan fingerprint density at radius 2 is 2.16 bits per heavy atom. The fraction of sp³-hybridized carbons (Fsp3) is 0.562. The Balaban J connectivity index is 2.14. The Hall–Kier alpha value is -1.35. The van der Waals surface area contributed by atoms with E-state index in [4.69, 9.17) is 5.73 Å². The zero-order valence-electron chi connectivity index (χ0n) is 12.1. The van der Waals surface area contributed by atoms with Gasteiger partial charge in [-0.05, 0) is 36.3 Å². The summed E-state index contributed by atoms with van der Waals surface area (Å²) in [4.78, 5) is 11.6. The van der Waals surface area contributed by atoms with Crippen molar-refractivity contribution in [1.82, 2.24) is 5.32 Å². The standard InChI is InChI=1S/C16H24N2O/c1-11(17)15(19)18-10-12-8-9-16(2,3)14-7-5-4-6-13(12)14/h4-7,11-12H,8-10,17H2,1-3H3,(H,18,19)/t11-,12?/m1/s1. The van der Waals surface area contributed by atoms with E-state index in [0.29, 0.717) is 12.5 Å². The lowest BCUT2D eigenvalue weighted by Gasteiger charge is -2.37. The molecule has 0 aromatic heterocycles. The van der Waals surface area contributed by atoms with Crippen molar-refractivity contribution >= 4 is 5.91 Å². The van der Waals surface area contributed by atoms with Gasteiger partial charge in [0.15, 0.2) is 0 Å². The SMILES string of the molecule is C[C@@H](N)C(=O)NCC1CCC(C)(C)c2ccccc21. The van der Waals surface area contributed by atoms with E-state index in [1.165, 1.54) is 11.1 Å². The molecule has 0 fully saturated rings. The van der Waals surface area contributed by atoms with E-state index >= 15 is 0 Å². The predicted octanol–water partition coefficient (Wildman–Crippen LogP) is 2.30. The van der Waals surface area contributed by atoms with Crippen LogP contribution in [0.2, 0.25) is 0 Å². The topological polar surface area (TPSA) is 55.1 Å². The molecule has 0 saturated heterocycles. The number of nitrogens with one attached hydrogen (secondary N) is 1. The van der Waals surface area contributed by atoms with E-state index in [2.05, 4.69) is 43.4 Å². The number of amides is 1. The number of benzene rings is 1. The normalized spacial score (nSPS) is 22.4. The summed E-state index contributed by atoms with van der Waals surface area (Å²) >= 11 is 0. The number of hydrogen-bond acceptors (Lipinski definition) is 2. The molecule has 19 heavy (non-hydrogen) atoms. The molecule has 0 spiro atoms. The van der Waals surface area contributed by atoms with Gasteiger partial charge in [-0.15, -0.1) is 0 Å². The van der Waals surface area contributed by atoms with E-state index in [9.17, 15) is 4.79 Å². The molecule has 2 atom stereocenters. The molecule has 1 unspecified atom stereocenters. The number of carbonyl (C=O) groups is 1. The molecule has 0 radical (unpaired) electrons. The van der Waals surface area contributed by atoms with Crippen molar-refractivity contribution in [3.63, 3.8) is 0 Å². The zero-order chi connectivity index (χ0) is 14.0. The first-order chi connectivity index (χ1) is 8.92. The van der Waals surface area contributed by atoms with E-state index in [1.807, 2.05) is 0 Å². The first kappa shape index (κ1) is 14.1. The summed E-state index contributed by atoms with van der Waals surface area (Å²) < 4.78 is 0. The molecule has 3 heteroatoms. The maximum absolute atomic E-state index is 11.6. The molecule has 0 aliphatic heterocycles. The van der Waals surface area contributed by atoms with Crippen LogP contribution in [-0.2, 0) is 10.2 Å². The van der Waals surface area contributed by atoms with Crippen molar-refractivity contribution in [2.75, 3.05) is 6.54 Å². The van der Waals surface area contributed by atoms with Gasteiger partial charge in [-0.25, -0.2) is 0 Å². The van der Waals surface area contributed by atoms with Gasteiger partial charge in [-0.1, -0.05) is 38.1 Å². The smallest absolute Gasteiger partial charge is 0.236 e. The van der Waals surface area contributed by atoms with Gasteiger partial charge in [0.1, 0.15) is 0 Å². The fourth-order valence-corrected chi connectivity index (χ4v) is 2.89. The molecule has 0 heterocycles. The molecule has 1 aromatic carbocycles. The minimum atomic E-state index is -0.435. The molecule has 3 N–H and O–H groups in total. The second kappa shape index (κ2) is 5.33. The lowest BCUT2D eigenvalue weighted by Crippen LogP contribution is -2.41. The number of hydrogen-bond donors (Lipinski definition) is 2. The Morgan fingerprint density at radius 1 is 1.47 bits per heavy atom. The third-order valence-corrected chi connectivity index (χ3v) is 4.18. The number of nitrogens with two attached hydrogens (primary N) is 1. The summed E-state index contributed by atoms with van der Waals surface area (Å²) in [5, 5.41) is 2.96. The third-order valence-electron chi connectivity index (χ3n) is 4.18. The number of fused-ring (bicyclic) bond motifs is 1. The molecule has 1 aliphatic rings. The maximum atomic E-state index is 11.6. The molecule has 104 valence electrons. The summed E-state index contributed by atoms with van der Waals surface area (Å²) in [5.41, 5.74) is 8.61. The summed E-state index contributed by atoms with van der Waals surface area (Å²) in [5.74, 6) is 0.342. The lowest BCUT2D eigenvalue weighted by atomic mass is 9.69. The van der Waals surface area contributed by atoms with Crippen molar-refractivity contribution in [1.29, 1.82) is 0 Å². The summed E-state index contributed by atoms with van der Waals surface area (Å²) in [6.07, 6.45) is 2.27. The minimum Gasteiger partial charge on any atom is -0.354 e. The molecule has 0 saturated carbocycles. The molecule has 1 aromatic rings. The quantitative estimate of drug-likeness (QED) is 0.876. The molecular formula is C16H24N2O. The summed E-state index contributed by atoms with van der Waals surface area (Å²) in [6.45, 7) is 6.99. The van der Waals surface area contributed by atoms with Gasteiger partial charge >= 0.3 is 0 Å². The molecule has 1 aliphatic carbocycles. The van der Waals surface area contributed by atoms with Crippen LogP contribution >= 0.6 is 0 Å². The van der Waals surface area contributed by atoms with Crippen LogP contribution in [0.4, 0.5) is 0 Å². The van der Waals surface area contributed by atoms with Gasteiger partial charge in [-0.2, -0.15) is 0 Å². The van der Waals surface area contributed by atoms with E-state index in [0.717, 1.165) is 12.8 Å². The molecular weight excluding hydrogens is 236 g/mol. The lowest BCUT2D eigenvalue weighted by molar-refractivity contribution is -0.122. The highest BCUT2D eigenvalue weighted by molar-refractivity contribution is 5.81. The van der Waals surface area contributed by atoms with Crippen molar-refractivity contribution < 1.29 is 4.79 Å². The van der Waals surface area contributed by atoms with Gasteiger partial charge in [-0.3, -0.25) is 4.79 Å². The van der Waals surface area contributed by atoms with Crippen molar-refractivity contribution in [3.8, 4) is 0 Å². The second-order valence-corrected chi connectivity index (χ2v) is 6.24. The van der Waals surface area contributed by atoms with Crippen LogP contribution in [0.15, 0.2) is 24.3 Å². The van der Waals surface area contributed by atoms with Gasteiger partial charge in [0.2, 0.25) is 5.91 Å². The molecule has 3 nitrogen and oxygen atoms in total. The van der Waals surface area contributed by atoms with Crippen molar-refractivity contribution in [2.24, 2.45) is 5.73 Å². The molecule has 2 rings (SSSR count). The van der Waals surface area contributed by atoms with Gasteiger partial charge in [0.25, 0.3) is 0 Å². The van der Waals surface area contributed by atoms with Gasteiger partial charge in [0.05, 0.1) is 6.04 Å². The average molecular weight is 260 g/mol. The van der Waals surface area contributed by atoms with E-state index in [1.54, 1.807) is 6.92 Å². The fourth-order valence-electron chi connectivity index (χ4n) is 2.89. The van der Waals surface area contributed by atoms with Gasteiger partial charge in [0, 0.05) is 12.5 Å². The zero-order valence-corrected chi connectivity index (χ0v) is 12.1. The Morgan fingerprint density at radius 3 is 2.84 bits per heavy atom. The van der Waals surface area contributed by atoms with Crippen LogP contribution in [0.1, 0.15) is 50.7 Å². The highest BCUT2D eigenvalue weighted by atomic mass is 16.2. The number of rotatable bonds is 3. The molecule has 1 amide bonds. The second-order valence-electron chi connectivity index (χ2n) is 6.24. The van der Waals surface area contributed by atoms with Crippen molar-refractivity contribution in [2.45, 2.75) is 51.0 Å². The minimum absolute atomic E-state index is 0.0673. The van der Waals surface area contributed by atoms with Crippen LogP contribution in [0, 0.1) is 0 Å². The Labute approximate surface area is 115 Å². The van der Waals surface area contributed by atoms with Crippen LogP contribution in [-0.4, -0.2) is 18.5 Å². The summed E-state index contributed by atoms with van der Waals surface area (Å²) in [6, 6.07) is 8.16. The van der Waals surface area contributed by atoms with Crippen LogP contribution < -0.4 is 11.1 Å². The van der Waals surface area contributed by atoms with Gasteiger partial charge < -0.3 is 11.1 Å². The number of carbonyl (C=O) groups excluding carboxylic acids is 1. The van der Waals surface area contributed by atoms with Crippen LogP contribution in [0.5, 0.6) is 0 Å². The largest absolute Gasteiger partial charge is 0.354 e. The monoisotopic (exact) mass is 260 g/mol. The first-order valence-corrected chi connectivity index (χ1v) is 7.04. The first-order valence-electron chi connectivity index (χ1n) is 7.04. The Bertz CT molecular complexity index is 466. The maximum Gasteiger partial charge on any atom is 0.236 e. The Kier molecular flexibility index (Phi) is 3.95. The highest BCUT2D eigenvalue weighted by Gasteiger charge is 2.32. The van der Waals surface area contributed by atoms with Crippen LogP contribution in [0.25, 0.3) is 0 Å².